The molecule has 1 radical (unpaired) electrons. The van der Waals surface area contributed by atoms with Gasteiger partial charge >= 0.3 is 0 Å². The first kappa shape index (κ1) is 42.5. The molecule has 0 saturated heterocycles. The van der Waals surface area contributed by atoms with Crippen LogP contribution in [-0.2, 0) is 26.5 Å². The molecule has 2 aliphatic rings. The third-order valence-corrected chi connectivity index (χ3v) is 14.9. The van der Waals surface area contributed by atoms with Crippen molar-refractivity contribution >= 4 is 35.2 Å². The zero-order valence-corrected chi connectivity index (χ0v) is 39.0. The van der Waals surface area contributed by atoms with Gasteiger partial charge in [-0.2, -0.15) is 37.1 Å². The maximum absolute atomic E-state index is 6.75. The Hall–Kier alpha value is -4.67. The van der Waals surface area contributed by atoms with Crippen molar-refractivity contribution in [2.45, 2.75) is 96.7 Å². The SMILES string of the molecule is [CH2-]c1cc(C)c2c(oc3c(-c4ccccc4)cccc32)c1-c1cc(CC2CCCCC2)cc[n+]1[CH2-].[CH2-]c1ccc(C2CCCC2)cc1-c1ccc([Si](C)(C)C)c[n+]1[CH2-].[Ir]. The number of pyridine rings is 2. The summed E-state index contributed by atoms with van der Waals surface area (Å²) in [6.45, 7) is 18.0. The third kappa shape index (κ3) is 8.94. The van der Waals surface area contributed by atoms with Crippen LogP contribution in [0.3, 0.4) is 0 Å². The second-order valence-corrected chi connectivity index (χ2v) is 23.2. The zero-order valence-electron chi connectivity index (χ0n) is 35.6. The predicted molar refractivity (Wildman–Crippen MR) is 246 cm³/mol. The Morgan fingerprint density at radius 2 is 1.41 bits per heavy atom. The van der Waals surface area contributed by atoms with Gasteiger partial charge in [0.15, 0.2) is 0 Å². The van der Waals surface area contributed by atoms with Crippen molar-refractivity contribution in [2.75, 3.05) is 0 Å². The molecule has 2 aliphatic carbocycles. The number of hydrogen-bond donors (Lipinski definition) is 0. The molecule has 3 aromatic heterocycles. The largest absolute Gasteiger partial charge is 0.469 e. The van der Waals surface area contributed by atoms with Gasteiger partial charge in [0.2, 0.25) is 0 Å². The van der Waals surface area contributed by atoms with Gasteiger partial charge < -0.3 is 13.6 Å². The van der Waals surface area contributed by atoms with Crippen LogP contribution in [0.5, 0.6) is 0 Å². The molecular weight excluding hydrogens is 913 g/mol. The number of hydrogen-bond acceptors (Lipinski definition) is 1. The summed E-state index contributed by atoms with van der Waals surface area (Å²) in [5, 5.41) is 3.75. The molecule has 2 saturated carbocycles. The van der Waals surface area contributed by atoms with E-state index in [0.717, 1.165) is 79.4 Å². The fraction of sp³-hybridized carbons (Fsp3) is 0.296. The molecule has 0 aliphatic heterocycles. The molecule has 0 unspecified atom stereocenters. The second kappa shape index (κ2) is 17.9. The molecule has 7 aromatic rings. The van der Waals surface area contributed by atoms with Crippen molar-refractivity contribution in [1.82, 2.24) is 0 Å². The van der Waals surface area contributed by atoms with Gasteiger partial charge in [-0.05, 0) is 36.7 Å². The standard InChI is InChI=1S/C33H32NO.C21H28NSi.Ir/c1-22-19-23(2)31(29-21-25(17-18-34(29)3)20-24-11-6-4-7-12-24)33-30(22)28-16-10-15-27(32(28)35-33)26-13-8-5-9-14-26;1-16-10-11-18(17-8-6-7-9-17)14-20(16)21-13-12-19(15-22(21)2)23(3,4)5;/h5,8-10,13-19,21,24H,2-4,6-7,11-12,20H2,1H3;10-15,17H,1-2,6-9H2,3-5H3;/q2*-1;. The normalized spacial score (nSPS) is 14.9. The fourth-order valence-electron chi connectivity index (χ4n) is 9.58. The van der Waals surface area contributed by atoms with E-state index in [0.29, 0.717) is 0 Å². The summed E-state index contributed by atoms with van der Waals surface area (Å²) in [5.41, 5.74) is 14.7. The van der Waals surface area contributed by atoms with Gasteiger partial charge in [-0.1, -0.05) is 172 Å². The molecule has 5 heteroatoms. The molecule has 3 nitrogen and oxygen atoms in total. The molecule has 0 bridgehead atoms. The van der Waals surface area contributed by atoms with E-state index in [1.807, 2.05) is 15.2 Å². The minimum atomic E-state index is -1.31. The maximum atomic E-state index is 6.75. The molecule has 59 heavy (non-hydrogen) atoms. The van der Waals surface area contributed by atoms with E-state index in [9.17, 15) is 0 Å². The third-order valence-electron chi connectivity index (χ3n) is 12.9. The van der Waals surface area contributed by atoms with Crippen molar-refractivity contribution in [3.63, 3.8) is 0 Å². The van der Waals surface area contributed by atoms with Crippen molar-refractivity contribution < 1.29 is 33.7 Å². The van der Waals surface area contributed by atoms with E-state index in [-0.39, 0.29) is 20.1 Å². The molecule has 0 spiro atoms. The summed E-state index contributed by atoms with van der Waals surface area (Å²) >= 11 is 0. The topological polar surface area (TPSA) is 20.9 Å². The number of furan rings is 1. The number of nitrogens with zero attached hydrogens (tertiary/aromatic N) is 2. The average molecular weight is 973 g/mol. The fourth-order valence-corrected chi connectivity index (χ4v) is 10.7. The molecule has 9 rings (SSSR count). The Balaban J connectivity index is 0.000000192. The van der Waals surface area contributed by atoms with Crippen molar-refractivity contribution in [1.29, 1.82) is 0 Å². The van der Waals surface area contributed by atoms with Gasteiger partial charge in [0.25, 0.3) is 0 Å². The van der Waals surface area contributed by atoms with Crippen LogP contribution < -0.4 is 14.3 Å². The first-order valence-electron chi connectivity index (χ1n) is 21.5. The summed E-state index contributed by atoms with van der Waals surface area (Å²) in [6, 6.07) is 35.0. The zero-order chi connectivity index (χ0) is 40.6. The maximum Gasteiger partial charge on any atom is 0.141 e. The van der Waals surface area contributed by atoms with Crippen LogP contribution in [0.4, 0.5) is 0 Å². The molecule has 2 fully saturated rings. The van der Waals surface area contributed by atoms with Crippen LogP contribution in [0.1, 0.15) is 91.5 Å². The van der Waals surface area contributed by atoms with Crippen molar-refractivity contribution in [2.24, 2.45) is 5.92 Å². The Labute approximate surface area is 368 Å². The molecule has 0 amide bonds. The van der Waals surface area contributed by atoms with Crippen molar-refractivity contribution in [3.8, 4) is 33.6 Å². The van der Waals surface area contributed by atoms with E-state index >= 15 is 0 Å². The van der Waals surface area contributed by atoms with Crippen LogP contribution in [0.25, 0.3) is 55.6 Å². The van der Waals surface area contributed by atoms with Crippen LogP contribution in [0.15, 0.2) is 114 Å². The number of rotatable bonds is 7. The number of aromatic nitrogens is 2. The molecule has 307 valence electrons. The van der Waals surface area contributed by atoms with Gasteiger partial charge in [-0.15, -0.1) is 17.7 Å². The van der Waals surface area contributed by atoms with E-state index < -0.39 is 8.07 Å². The second-order valence-electron chi connectivity index (χ2n) is 18.1. The number of aryl methyl sites for hydroxylation is 1. The molecule has 4 aromatic carbocycles. The molecular formula is C54H60IrN2OSi-2. The number of para-hydroxylation sites is 1. The quantitative estimate of drug-likeness (QED) is 0.0886. The monoisotopic (exact) mass is 973 g/mol. The first-order valence-corrected chi connectivity index (χ1v) is 25.0. The smallest absolute Gasteiger partial charge is 0.141 e. The molecule has 0 atom stereocenters. The van der Waals surface area contributed by atoms with Crippen LogP contribution in [-0.4, -0.2) is 8.07 Å². The van der Waals surface area contributed by atoms with Gasteiger partial charge in [-0.3, -0.25) is 0 Å². The Morgan fingerprint density at radius 1 is 0.678 bits per heavy atom. The van der Waals surface area contributed by atoms with Gasteiger partial charge in [0.05, 0.1) is 37.4 Å². The molecule has 0 N–H and O–H groups in total. The minimum absolute atomic E-state index is 0. The van der Waals surface area contributed by atoms with Crippen LogP contribution in [0.2, 0.25) is 19.6 Å². The number of fused-ring (bicyclic) bond motifs is 3. The van der Waals surface area contributed by atoms with E-state index in [2.05, 4.69) is 158 Å². The first-order chi connectivity index (χ1) is 28.0. The van der Waals surface area contributed by atoms with Gasteiger partial charge in [0.1, 0.15) is 5.58 Å². The molecule has 3 heterocycles. The Bertz CT molecular complexity index is 2570. The van der Waals surface area contributed by atoms with E-state index in [1.165, 1.54) is 85.2 Å². The van der Waals surface area contributed by atoms with Gasteiger partial charge in [0, 0.05) is 50.5 Å². The Morgan fingerprint density at radius 3 is 2.12 bits per heavy atom. The van der Waals surface area contributed by atoms with Crippen LogP contribution in [0, 0.1) is 40.8 Å². The summed E-state index contributed by atoms with van der Waals surface area (Å²) in [4.78, 5) is 0. The summed E-state index contributed by atoms with van der Waals surface area (Å²) in [5.74, 6) is 1.52. The van der Waals surface area contributed by atoms with Crippen LogP contribution >= 0.6 is 0 Å². The predicted octanol–water partition coefficient (Wildman–Crippen LogP) is 13.1. The van der Waals surface area contributed by atoms with Gasteiger partial charge in [-0.25, -0.2) is 0 Å². The summed E-state index contributed by atoms with van der Waals surface area (Å²) in [6.07, 6.45) is 17.6. The van der Waals surface area contributed by atoms with Crippen molar-refractivity contribution in [3.05, 3.63) is 165 Å². The average Bonchev–Trinajstić information content (AvgIpc) is 3.90. The summed E-state index contributed by atoms with van der Waals surface area (Å²) < 4.78 is 10.8. The van der Waals surface area contributed by atoms with E-state index in [4.69, 9.17) is 4.42 Å². The minimum Gasteiger partial charge on any atom is -0.469 e. The Kier molecular flexibility index (Phi) is 12.9. The number of benzene rings is 4. The van der Waals surface area contributed by atoms with E-state index in [1.54, 1.807) is 0 Å². The summed E-state index contributed by atoms with van der Waals surface area (Å²) in [7, 11) is 7.26.